The Morgan fingerprint density at radius 2 is 1.71 bits per heavy atom. The van der Waals surface area contributed by atoms with Crippen LogP contribution >= 0.6 is 11.6 Å². The normalized spacial score (nSPS) is 15.3. The molecule has 0 atom stereocenters. The summed E-state index contributed by atoms with van der Waals surface area (Å²) in [6.07, 6.45) is 3.82. The minimum Gasteiger partial charge on any atom is -0.492 e. The van der Waals surface area contributed by atoms with Crippen molar-refractivity contribution in [2.45, 2.75) is 44.4 Å². The predicted molar refractivity (Wildman–Crippen MR) is 122 cm³/mol. The Bertz CT molecular complexity index is 1030. The van der Waals surface area contributed by atoms with Gasteiger partial charge < -0.3 is 10.1 Å². The molecule has 0 saturated carbocycles. The van der Waals surface area contributed by atoms with Crippen molar-refractivity contribution in [1.29, 1.82) is 0 Å². The standard InChI is InChI=1S/C23H29ClN2O4S/c1-17-8-10-20(31(28,29)26-12-5-3-4-6-13-26)16-21(17)23(27)25-11-14-30-19-9-7-18(2)22(24)15-19/h7-10,15-16H,3-6,11-14H2,1-2H3,(H,25,27). The zero-order chi connectivity index (χ0) is 22.4. The van der Waals surface area contributed by atoms with Crippen molar-refractivity contribution in [2.24, 2.45) is 0 Å². The first-order valence-electron chi connectivity index (χ1n) is 10.6. The predicted octanol–water partition coefficient (Wildman–Crippen LogP) is 4.33. The maximum atomic E-state index is 13.1. The van der Waals surface area contributed by atoms with Gasteiger partial charge in [-0.2, -0.15) is 4.31 Å². The van der Waals surface area contributed by atoms with Crippen molar-refractivity contribution in [2.75, 3.05) is 26.2 Å². The van der Waals surface area contributed by atoms with Crippen LogP contribution in [0.1, 0.15) is 47.2 Å². The third-order valence-electron chi connectivity index (χ3n) is 5.46. The summed E-state index contributed by atoms with van der Waals surface area (Å²) in [5, 5.41) is 3.42. The fourth-order valence-electron chi connectivity index (χ4n) is 3.53. The highest BCUT2D eigenvalue weighted by molar-refractivity contribution is 7.89. The van der Waals surface area contributed by atoms with Gasteiger partial charge in [0.05, 0.1) is 11.4 Å². The van der Waals surface area contributed by atoms with E-state index in [0.29, 0.717) is 29.4 Å². The van der Waals surface area contributed by atoms with Crippen LogP contribution in [-0.2, 0) is 10.0 Å². The molecule has 1 N–H and O–H groups in total. The van der Waals surface area contributed by atoms with Gasteiger partial charge >= 0.3 is 0 Å². The number of rotatable bonds is 7. The van der Waals surface area contributed by atoms with E-state index < -0.39 is 10.0 Å². The summed E-state index contributed by atoms with van der Waals surface area (Å²) in [7, 11) is -3.61. The molecule has 1 fully saturated rings. The molecule has 2 aromatic carbocycles. The first kappa shape index (κ1) is 23.6. The number of nitrogens with one attached hydrogen (secondary N) is 1. The molecule has 1 amide bonds. The third-order valence-corrected chi connectivity index (χ3v) is 7.76. The Morgan fingerprint density at radius 1 is 1.03 bits per heavy atom. The summed E-state index contributed by atoms with van der Waals surface area (Å²) in [5.74, 6) is 0.308. The third kappa shape index (κ3) is 5.99. The number of carbonyl (C=O) groups excluding carboxylic acids is 1. The monoisotopic (exact) mass is 464 g/mol. The Kier molecular flexibility index (Phi) is 7.97. The lowest BCUT2D eigenvalue weighted by atomic mass is 10.1. The van der Waals surface area contributed by atoms with Gasteiger partial charge in [0.1, 0.15) is 12.4 Å². The largest absolute Gasteiger partial charge is 0.492 e. The maximum absolute atomic E-state index is 13.1. The summed E-state index contributed by atoms with van der Waals surface area (Å²) < 4.78 is 33.3. The van der Waals surface area contributed by atoms with Crippen LogP contribution < -0.4 is 10.1 Å². The van der Waals surface area contributed by atoms with Crippen molar-refractivity contribution in [1.82, 2.24) is 9.62 Å². The lowest BCUT2D eigenvalue weighted by Crippen LogP contribution is -2.32. The van der Waals surface area contributed by atoms with Gasteiger partial charge in [-0.05, 0) is 62.1 Å². The Morgan fingerprint density at radius 3 is 2.39 bits per heavy atom. The Labute approximate surface area is 189 Å². The van der Waals surface area contributed by atoms with Gasteiger partial charge in [-0.25, -0.2) is 8.42 Å². The molecule has 0 radical (unpaired) electrons. The van der Waals surface area contributed by atoms with Gasteiger partial charge in [0.2, 0.25) is 10.0 Å². The molecule has 6 nitrogen and oxygen atoms in total. The average Bonchev–Trinajstić information content (AvgIpc) is 3.04. The number of benzene rings is 2. The molecule has 0 unspecified atom stereocenters. The number of hydrogen-bond donors (Lipinski definition) is 1. The van der Waals surface area contributed by atoms with E-state index in [-0.39, 0.29) is 24.0 Å². The second kappa shape index (κ2) is 10.5. The van der Waals surface area contributed by atoms with Crippen LogP contribution in [0.25, 0.3) is 0 Å². The maximum Gasteiger partial charge on any atom is 0.251 e. The molecule has 1 heterocycles. The van der Waals surface area contributed by atoms with Gasteiger partial charge in [-0.15, -0.1) is 0 Å². The minimum absolute atomic E-state index is 0.163. The molecule has 8 heteroatoms. The highest BCUT2D eigenvalue weighted by atomic mass is 35.5. The Hall–Kier alpha value is -2.09. The van der Waals surface area contributed by atoms with Crippen LogP contribution in [0.5, 0.6) is 5.75 Å². The van der Waals surface area contributed by atoms with E-state index in [1.165, 1.54) is 10.4 Å². The summed E-state index contributed by atoms with van der Waals surface area (Å²) >= 11 is 6.09. The highest BCUT2D eigenvalue weighted by Gasteiger charge is 2.26. The molecule has 2 aromatic rings. The van der Waals surface area contributed by atoms with Gasteiger partial charge in [0, 0.05) is 23.7 Å². The molecule has 31 heavy (non-hydrogen) atoms. The van der Waals surface area contributed by atoms with E-state index in [1.807, 2.05) is 19.1 Å². The first-order valence-corrected chi connectivity index (χ1v) is 12.4. The van der Waals surface area contributed by atoms with Crippen molar-refractivity contribution in [3.8, 4) is 5.75 Å². The summed E-state index contributed by atoms with van der Waals surface area (Å²) in [4.78, 5) is 12.9. The quantitative estimate of drug-likeness (QED) is 0.619. The van der Waals surface area contributed by atoms with Crippen molar-refractivity contribution < 1.29 is 17.9 Å². The topological polar surface area (TPSA) is 75.7 Å². The van der Waals surface area contributed by atoms with E-state index in [9.17, 15) is 13.2 Å². The molecule has 3 rings (SSSR count). The number of aryl methyl sites for hydroxylation is 2. The molecule has 0 aromatic heterocycles. The average molecular weight is 465 g/mol. The lowest BCUT2D eigenvalue weighted by Gasteiger charge is -2.20. The lowest BCUT2D eigenvalue weighted by molar-refractivity contribution is 0.0946. The Balaban J connectivity index is 1.63. The van der Waals surface area contributed by atoms with Gasteiger partial charge in [-0.3, -0.25) is 4.79 Å². The zero-order valence-corrected chi connectivity index (χ0v) is 19.6. The summed E-state index contributed by atoms with van der Waals surface area (Å²) in [6.45, 7) is 5.32. The number of hydrogen-bond acceptors (Lipinski definition) is 4. The molecule has 0 aliphatic carbocycles. The molecule has 1 saturated heterocycles. The molecule has 168 valence electrons. The fraction of sp³-hybridized carbons (Fsp3) is 0.435. The van der Waals surface area contributed by atoms with E-state index in [2.05, 4.69) is 5.32 Å². The van der Waals surface area contributed by atoms with Gasteiger partial charge in [0.25, 0.3) is 5.91 Å². The second-order valence-corrected chi connectivity index (χ2v) is 10.2. The molecule has 0 spiro atoms. The first-order chi connectivity index (χ1) is 14.8. The molecule has 1 aliphatic rings. The van der Waals surface area contributed by atoms with Crippen LogP contribution in [0.4, 0.5) is 0 Å². The number of amides is 1. The summed E-state index contributed by atoms with van der Waals surface area (Å²) in [5.41, 5.74) is 2.04. The van der Waals surface area contributed by atoms with Crippen LogP contribution in [0.15, 0.2) is 41.3 Å². The zero-order valence-electron chi connectivity index (χ0n) is 18.0. The number of sulfonamides is 1. The smallest absolute Gasteiger partial charge is 0.251 e. The number of nitrogens with zero attached hydrogens (tertiary/aromatic N) is 1. The number of halogens is 1. The number of carbonyl (C=O) groups is 1. The molecular weight excluding hydrogens is 436 g/mol. The number of ether oxygens (including phenoxy) is 1. The van der Waals surface area contributed by atoms with Crippen LogP contribution in [-0.4, -0.2) is 44.9 Å². The minimum atomic E-state index is -3.61. The van der Waals surface area contributed by atoms with E-state index in [1.54, 1.807) is 25.1 Å². The van der Waals surface area contributed by atoms with Crippen molar-refractivity contribution in [3.05, 3.63) is 58.1 Å². The second-order valence-electron chi connectivity index (χ2n) is 7.81. The SMILES string of the molecule is Cc1ccc(OCCNC(=O)c2cc(S(=O)(=O)N3CCCCCC3)ccc2C)cc1Cl. The van der Waals surface area contributed by atoms with Gasteiger partial charge in [-0.1, -0.05) is 36.6 Å². The van der Waals surface area contributed by atoms with Crippen LogP contribution in [0.2, 0.25) is 5.02 Å². The van der Waals surface area contributed by atoms with Crippen molar-refractivity contribution >= 4 is 27.5 Å². The van der Waals surface area contributed by atoms with Crippen molar-refractivity contribution in [3.63, 3.8) is 0 Å². The van der Waals surface area contributed by atoms with E-state index >= 15 is 0 Å². The molecule has 1 aliphatic heterocycles. The van der Waals surface area contributed by atoms with E-state index in [0.717, 1.165) is 36.8 Å². The molecule has 0 bridgehead atoms. The van der Waals surface area contributed by atoms with Crippen LogP contribution in [0, 0.1) is 13.8 Å². The van der Waals surface area contributed by atoms with Gasteiger partial charge in [0.15, 0.2) is 0 Å². The summed E-state index contributed by atoms with van der Waals surface area (Å²) in [6, 6.07) is 10.2. The fourth-order valence-corrected chi connectivity index (χ4v) is 5.24. The van der Waals surface area contributed by atoms with E-state index in [4.69, 9.17) is 16.3 Å². The highest BCUT2D eigenvalue weighted by Crippen LogP contribution is 2.23. The molecular formula is C23H29ClN2O4S. The van der Waals surface area contributed by atoms with Crippen LogP contribution in [0.3, 0.4) is 0 Å².